The summed E-state index contributed by atoms with van der Waals surface area (Å²) in [4.78, 5) is 0. The van der Waals surface area contributed by atoms with Crippen LogP contribution in [0.5, 0.6) is 0 Å². The summed E-state index contributed by atoms with van der Waals surface area (Å²) < 4.78 is 4.22. The third-order valence-electron chi connectivity index (χ3n) is 1.62. The molecule has 0 atom stereocenters. The second kappa shape index (κ2) is 6.03. The SMILES string of the molecule is CCNCCn1cc[n+](C)c1.[Cl-]. The number of nitrogens with one attached hydrogen (secondary N) is 1. The third-order valence-corrected chi connectivity index (χ3v) is 1.62. The Labute approximate surface area is 79.8 Å². The van der Waals surface area contributed by atoms with E-state index in [9.17, 15) is 0 Å². The summed E-state index contributed by atoms with van der Waals surface area (Å²) in [5, 5.41) is 3.28. The van der Waals surface area contributed by atoms with Crippen LogP contribution < -0.4 is 22.3 Å². The van der Waals surface area contributed by atoms with Crippen LogP contribution in [-0.2, 0) is 13.6 Å². The minimum Gasteiger partial charge on any atom is -1.00 e. The van der Waals surface area contributed by atoms with E-state index in [4.69, 9.17) is 0 Å². The fraction of sp³-hybridized carbons (Fsp3) is 0.625. The molecule has 70 valence electrons. The van der Waals surface area contributed by atoms with Crippen molar-refractivity contribution in [2.45, 2.75) is 13.5 Å². The fourth-order valence-electron chi connectivity index (χ4n) is 1.02. The average Bonchev–Trinajstić information content (AvgIpc) is 2.37. The Balaban J connectivity index is 0.00000121. The van der Waals surface area contributed by atoms with Crippen LogP contribution >= 0.6 is 0 Å². The molecule has 0 saturated heterocycles. The minimum absolute atomic E-state index is 0. The van der Waals surface area contributed by atoms with E-state index in [-0.39, 0.29) is 12.4 Å². The van der Waals surface area contributed by atoms with E-state index in [1.807, 2.05) is 17.8 Å². The first-order valence-electron chi connectivity index (χ1n) is 4.04. The highest BCUT2D eigenvalue weighted by Crippen LogP contribution is 1.80. The molecule has 0 radical (unpaired) electrons. The number of likely N-dealkylation sites (N-methyl/N-ethyl adjacent to an activating group) is 1. The standard InChI is InChI=1S/C8H16N3.ClH/c1-3-9-4-5-11-7-6-10(2)8-11;/h6-9H,3-5H2,1-2H3;1H/q+1;/p-1. The van der Waals surface area contributed by atoms with Gasteiger partial charge in [0.15, 0.2) is 0 Å². The van der Waals surface area contributed by atoms with Crippen molar-refractivity contribution in [3.8, 4) is 0 Å². The van der Waals surface area contributed by atoms with Crippen molar-refractivity contribution in [3.05, 3.63) is 18.7 Å². The molecule has 0 aliphatic heterocycles. The van der Waals surface area contributed by atoms with Gasteiger partial charge in [-0.1, -0.05) is 6.92 Å². The van der Waals surface area contributed by atoms with Crippen LogP contribution in [0.25, 0.3) is 0 Å². The van der Waals surface area contributed by atoms with Crippen LogP contribution in [0.4, 0.5) is 0 Å². The summed E-state index contributed by atoms with van der Waals surface area (Å²) in [5.41, 5.74) is 0. The number of aryl methyl sites for hydroxylation is 1. The normalized spacial score (nSPS) is 9.50. The molecule has 0 aliphatic carbocycles. The van der Waals surface area contributed by atoms with Gasteiger partial charge in [-0.3, -0.25) is 0 Å². The number of imidazole rings is 1. The molecule has 0 saturated carbocycles. The van der Waals surface area contributed by atoms with Crippen molar-refractivity contribution in [1.29, 1.82) is 0 Å². The van der Waals surface area contributed by atoms with Gasteiger partial charge in [0.2, 0.25) is 6.33 Å². The molecule has 1 aromatic heterocycles. The zero-order chi connectivity index (χ0) is 8.10. The van der Waals surface area contributed by atoms with Gasteiger partial charge in [-0.25, -0.2) is 9.13 Å². The van der Waals surface area contributed by atoms with Gasteiger partial charge in [-0.05, 0) is 6.54 Å². The highest BCUT2D eigenvalue weighted by Gasteiger charge is 1.96. The molecule has 1 aromatic rings. The second-order valence-electron chi connectivity index (χ2n) is 2.67. The number of halogens is 1. The summed E-state index contributed by atoms with van der Waals surface area (Å²) in [6, 6.07) is 0. The minimum atomic E-state index is 0. The Kier molecular flexibility index (Phi) is 5.76. The van der Waals surface area contributed by atoms with Gasteiger partial charge in [-0.2, -0.15) is 0 Å². The molecule has 3 nitrogen and oxygen atoms in total. The molecule has 1 N–H and O–H groups in total. The van der Waals surface area contributed by atoms with E-state index >= 15 is 0 Å². The Morgan fingerprint density at radius 3 is 2.75 bits per heavy atom. The van der Waals surface area contributed by atoms with E-state index in [1.165, 1.54) is 0 Å². The van der Waals surface area contributed by atoms with Crippen molar-refractivity contribution in [2.24, 2.45) is 7.05 Å². The van der Waals surface area contributed by atoms with Gasteiger partial charge in [0.1, 0.15) is 18.9 Å². The Hall–Kier alpha value is -0.540. The topological polar surface area (TPSA) is 20.8 Å². The number of nitrogens with zero attached hydrogens (tertiary/aromatic N) is 2. The van der Waals surface area contributed by atoms with Gasteiger partial charge in [0, 0.05) is 6.54 Å². The maximum atomic E-state index is 3.28. The summed E-state index contributed by atoms with van der Waals surface area (Å²) >= 11 is 0. The van der Waals surface area contributed by atoms with Crippen LogP contribution in [0.15, 0.2) is 18.7 Å². The molecule has 1 heterocycles. The number of aromatic nitrogens is 2. The van der Waals surface area contributed by atoms with Crippen molar-refractivity contribution in [2.75, 3.05) is 13.1 Å². The van der Waals surface area contributed by atoms with Crippen LogP contribution in [0.1, 0.15) is 6.92 Å². The lowest BCUT2D eigenvalue weighted by Crippen LogP contribution is -3.00. The molecule has 12 heavy (non-hydrogen) atoms. The van der Waals surface area contributed by atoms with E-state index in [1.54, 1.807) is 0 Å². The van der Waals surface area contributed by atoms with E-state index in [0.717, 1.165) is 19.6 Å². The maximum Gasteiger partial charge on any atom is 0.243 e. The molecule has 1 rings (SSSR count). The van der Waals surface area contributed by atoms with Crippen molar-refractivity contribution in [3.63, 3.8) is 0 Å². The highest BCUT2D eigenvalue weighted by atomic mass is 35.5. The smallest absolute Gasteiger partial charge is 0.243 e. The van der Waals surface area contributed by atoms with Crippen LogP contribution in [0.2, 0.25) is 0 Å². The quantitative estimate of drug-likeness (QED) is 0.394. The second-order valence-corrected chi connectivity index (χ2v) is 2.67. The first-order valence-corrected chi connectivity index (χ1v) is 4.04. The Morgan fingerprint density at radius 2 is 2.25 bits per heavy atom. The Bertz CT molecular complexity index is 210. The van der Waals surface area contributed by atoms with Crippen molar-refractivity contribution < 1.29 is 17.0 Å². The van der Waals surface area contributed by atoms with Crippen LogP contribution in [0.3, 0.4) is 0 Å². The Morgan fingerprint density at radius 1 is 1.50 bits per heavy atom. The lowest BCUT2D eigenvalue weighted by Gasteiger charge is -1.96. The fourth-order valence-corrected chi connectivity index (χ4v) is 1.02. The van der Waals surface area contributed by atoms with Crippen LogP contribution in [0, 0.1) is 0 Å². The van der Waals surface area contributed by atoms with Crippen molar-refractivity contribution >= 4 is 0 Å². The molecule has 0 aromatic carbocycles. The third kappa shape index (κ3) is 3.74. The maximum absolute atomic E-state index is 3.28. The summed E-state index contributed by atoms with van der Waals surface area (Å²) in [5.74, 6) is 0. The lowest BCUT2D eigenvalue weighted by atomic mass is 10.6. The predicted molar refractivity (Wildman–Crippen MR) is 44.2 cm³/mol. The number of hydrogen-bond acceptors (Lipinski definition) is 1. The molecular weight excluding hydrogens is 174 g/mol. The molecule has 0 spiro atoms. The zero-order valence-electron chi connectivity index (χ0n) is 7.63. The first kappa shape index (κ1) is 11.5. The largest absolute Gasteiger partial charge is 1.00 e. The van der Waals surface area contributed by atoms with Crippen LogP contribution in [-0.4, -0.2) is 17.7 Å². The van der Waals surface area contributed by atoms with Gasteiger partial charge in [-0.15, -0.1) is 0 Å². The van der Waals surface area contributed by atoms with E-state index in [0.29, 0.717) is 0 Å². The lowest BCUT2D eigenvalue weighted by molar-refractivity contribution is -0.671. The molecule has 0 unspecified atom stereocenters. The molecule has 0 amide bonds. The number of rotatable bonds is 4. The van der Waals surface area contributed by atoms with Crippen molar-refractivity contribution in [1.82, 2.24) is 9.88 Å². The van der Waals surface area contributed by atoms with Gasteiger partial charge in [0.25, 0.3) is 0 Å². The van der Waals surface area contributed by atoms with Gasteiger partial charge >= 0.3 is 0 Å². The number of hydrogen-bond donors (Lipinski definition) is 1. The molecule has 0 aliphatic rings. The van der Waals surface area contributed by atoms with E-state index in [2.05, 4.69) is 29.3 Å². The first-order chi connectivity index (χ1) is 5.33. The van der Waals surface area contributed by atoms with Gasteiger partial charge < -0.3 is 17.7 Å². The summed E-state index contributed by atoms with van der Waals surface area (Å²) in [6.07, 6.45) is 6.21. The zero-order valence-corrected chi connectivity index (χ0v) is 8.38. The average molecular weight is 190 g/mol. The predicted octanol–water partition coefficient (Wildman–Crippen LogP) is -3.07. The highest BCUT2D eigenvalue weighted by molar-refractivity contribution is 4.66. The van der Waals surface area contributed by atoms with Gasteiger partial charge in [0.05, 0.1) is 7.05 Å². The molecular formula is C8H16ClN3. The summed E-state index contributed by atoms with van der Waals surface area (Å²) in [7, 11) is 2.03. The monoisotopic (exact) mass is 189 g/mol. The molecule has 0 bridgehead atoms. The summed E-state index contributed by atoms with van der Waals surface area (Å²) in [6.45, 7) is 5.27. The molecule has 0 fully saturated rings. The van der Waals surface area contributed by atoms with E-state index < -0.39 is 0 Å². The molecule has 4 heteroatoms.